The summed E-state index contributed by atoms with van der Waals surface area (Å²) in [7, 11) is 0. The molecule has 3 aromatic rings. The lowest BCUT2D eigenvalue weighted by atomic mass is 10.1. The highest BCUT2D eigenvalue weighted by Gasteiger charge is 2.30. The summed E-state index contributed by atoms with van der Waals surface area (Å²) >= 11 is 1.35. The number of carbonyl (C=O) groups is 1. The molecular weight excluding hydrogens is 370 g/mol. The van der Waals surface area contributed by atoms with E-state index < -0.39 is 0 Å². The average Bonchev–Trinajstić information content (AvgIpc) is 3.04. The predicted octanol–water partition coefficient (Wildman–Crippen LogP) is 3.88. The lowest BCUT2D eigenvalue weighted by Crippen LogP contribution is -2.37. The van der Waals surface area contributed by atoms with Gasteiger partial charge in [0.2, 0.25) is 5.91 Å². The number of nitrogens with zero attached hydrogens (tertiary/aromatic N) is 3. The topological polar surface area (TPSA) is 55.2 Å². The van der Waals surface area contributed by atoms with Crippen LogP contribution in [0.15, 0.2) is 58.5 Å². The number of carbonyl (C=O) groups excluding carboxylic acids is 1. The van der Waals surface area contributed by atoms with Crippen LogP contribution in [0.5, 0.6) is 0 Å². The number of thioether (sulfide) groups is 1. The van der Waals surface area contributed by atoms with Crippen molar-refractivity contribution < 1.29 is 4.79 Å². The molecule has 1 aliphatic heterocycles. The third kappa shape index (κ3) is 3.33. The maximum Gasteiger partial charge on any atom is 0.262 e. The number of benzene rings is 2. The Hall–Kier alpha value is -2.60. The zero-order valence-corrected chi connectivity index (χ0v) is 16.9. The van der Waals surface area contributed by atoms with Gasteiger partial charge in [-0.05, 0) is 43.5 Å². The molecule has 2 heterocycles. The van der Waals surface area contributed by atoms with E-state index in [1.165, 1.54) is 17.3 Å². The van der Waals surface area contributed by atoms with Crippen molar-refractivity contribution in [3.8, 4) is 0 Å². The molecule has 0 aliphatic carbocycles. The van der Waals surface area contributed by atoms with E-state index in [4.69, 9.17) is 0 Å². The van der Waals surface area contributed by atoms with Crippen molar-refractivity contribution in [3.05, 3.63) is 64.4 Å². The standard InChI is InChI=1S/C22H23N3O2S/c1-3-12-24-21(27)17-9-5-6-10-18(17)23-22(24)28-14-20(26)25-15(2)13-16-8-4-7-11-19(16)25/h4-11,15H,3,12-14H2,1-2H3/t15-/m1/s1. The molecule has 0 radical (unpaired) electrons. The summed E-state index contributed by atoms with van der Waals surface area (Å²) in [5, 5.41) is 1.23. The van der Waals surface area contributed by atoms with E-state index in [1.54, 1.807) is 10.6 Å². The first-order valence-corrected chi connectivity index (χ1v) is 10.6. The van der Waals surface area contributed by atoms with Crippen molar-refractivity contribution >= 4 is 34.3 Å². The number of anilines is 1. The molecule has 6 heteroatoms. The van der Waals surface area contributed by atoms with Gasteiger partial charge in [0.15, 0.2) is 5.16 Å². The van der Waals surface area contributed by atoms with Crippen LogP contribution in [0.25, 0.3) is 10.9 Å². The van der Waals surface area contributed by atoms with E-state index >= 15 is 0 Å². The number of fused-ring (bicyclic) bond motifs is 2. The fourth-order valence-electron chi connectivity index (χ4n) is 3.82. The van der Waals surface area contributed by atoms with Crippen molar-refractivity contribution in [2.45, 2.75) is 44.4 Å². The first-order valence-electron chi connectivity index (χ1n) is 9.62. The maximum absolute atomic E-state index is 13.0. The van der Waals surface area contributed by atoms with Crippen LogP contribution in [0, 0.1) is 0 Å². The Morgan fingerprint density at radius 2 is 1.93 bits per heavy atom. The van der Waals surface area contributed by atoms with Gasteiger partial charge < -0.3 is 4.90 Å². The van der Waals surface area contributed by atoms with Gasteiger partial charge in [-0.2, -0.15) is 0 Å². The molecule has 4 rings (SSSR count). The second kappa shape index (κ2) is 7.80. The molecule has 144 valence electrons. The van der Waals surface area contributed by atoms with E-state index in [1.807, 2.05) is 48.2 Å². The van der Waals surface area contributed by atoms with E-state index in [2.05, 4.69) is 18.0 Å². The van der Waals surface area contributed by atoms with Gasteiger partial charge in [0.25, 0.3) is 5.56 Å². The predicted molar refractivity (Wildman–Crippen MR) is 114 cm³/mol. The lowest BCUT2D eigenvalue weighted by molar-refractivity contribution is -0.116. The van der Waals surface area contributed by atoms with Gasteiger partial charge >= 0.3 is 0 Å². The quantitative estimate of drug-likeness (QED) is 0.488. The van der Waals surface area contributed by atoms with Gasteiger partial charge in [-0.1, -0.05) is 49.0 Å². The van der Waals surface area contributed by atoms with Gasteiger partial charge in [0, 0.05) is 18.3 Å². The molecule has 0 saturated heterocycles. The largest absolute Gasteiger partial charge is 0.308 e. The Bertz CT molecular complexity index is 1090. The van der Waals surface area contributed by atoms with Crippen LogP contribution in [0.1, 0.15) is 25.8 Å². The SMILES string of the molecule is CCCn1c(SCC(=O)N2c3ccccc3C[C@H]2C)nc2ccccc2c1=O. The number of para-hydroxylation sites is 2. The fourth-order valence-corrected chi connectivity index (χ4v) is 4.70. The first kappa shape index (κ1) is 18.7. The molecule has 0 N–H and O–H groups in total. The second-order valence-corrected chi connectivity index (χ2v) is 8.05. The molecule has 0 bridgehead atoms. The normalized spacial score (nSPS) is 15.8. The average molecular weight is 394 g/mol. The Balaban J connectivity index is 1.61. The highest BCUT2D eigenvalue weighted by Crippen LogP contribution is 2.32. The van der Waals surface area contributed by atoms with Crippen molar-refractivity contribution in [1.82, 2.24) is 9.55 Å². The summed E-state index contributed by atoms with van der Waals surface area (Å²) in [6, 6.07) is 15.6. The van der Waals surface area contributed by atoms with Gasteiger partial charge in [-0.3, -0.25) is 14.2 Å². The summed E-state index contributed by atoms with van der Waals surface area (Å²) in [6.45, 7) is 4.70. The fraction of sp³-hybridized carbons (Fsp3) is 0.318. The highest BCUT2D eigenvalue weighted by molar-refractivity contribution is 7.99. The van der Waals surface area contributed by atoms with Crippen LogP contribution in [-0.4, -0.2) is 27.3 Å². The van der Waals surface area contributed by atoms with Crippen LogP contribution in [0.3, 0.4) is 0 Å². The first-order chi connectivity index (χ1) is 13.6. The van der Waals surface area contributed by atoms with E-state index in [9.17, 15) is 9.59 Å². The summed E-state index contributed by atoms with van der Waals surface area (Å²) in [6.07, 6.45) is 1.71. The molecule has 1 aliphatic rings. The van der Waals surface area contributed by atoms with Gasteiger partial charge in [-0.25, -0.2) is 4.98 Å². The number of aromatic nitrogens is 2. The van der Waals surface area contributed by atoms with Crippen molar-refractivity contribution in [3.63, 3.8) is 0 Å². The smallest absolute Gasteiger partial charge is 0.262 e. The molecule has 1 amide bonds. The van der Waals surface area contributed by atoms with E-state index in [0.29, 0.717) is 22.6 Å². The second-order valence-electron chi connectivity index (χ2n) is 7.10. The number of hydrogen-bond acceptors (Lipinski definition) is 4. The zero-order chi connectivity index (χ0) is 19.7. The van der Waals surface area contributed by atoms with E-state index in [-0.39, 0.29) is 23.3 Å². The minimum atomic E-state index is -0.0396. The lowest BCUT2D eigenvalue weighted by Gasteiger charge is -2.22. The molecule has 1 aromatic heterocycles. The molecule has 28 heavy (non-hydrogen) atoms. The van der Waals surface area contributed by atoms with Crippen LogP contribution >= 0.6 is 11.8 Å². The molecular formula is C22H23N3O2S. The molecule has 0 spiro atoms. The zero-order valence-electron chi connectivity index (χ0n) is 16.1. The molecule has 1 atom stereocenters. The minimum absolute atomic E-state index is 0.0396. The van der Waals surface area contributed by atoms with Crippen molar-refractivity contribution in [2.75, 3.05) is 10.7 Å². The van der Waals surface area contributed by atoms with Crippen LogP contribution in [-0.2, 0) is 17.8 Å². The number of hydrogen-bond donors (Lipinski definition) is 0. The van der Waals surface area contributed by atoms with Crippen LogP contribution in [0.2, 0.25) is 0 Å². The Morgan fingerprint density at radius 1 is 1.18 bits per heavy atom. The van der Waals surface area contributed by atoms with Gasteiger partial charge in [0.05, 0.1) is 16.7 Å². The summed E-state index contributed by atoms with van der Waals surface area (Å²) in [5.41, 5.74) is 2.84. The monoisotopic (exact) mass is 393 g/mol. The molecule has 0 fully saturated rings. The molecule has 2 aromatic carbocycles. The molecule has 0 saturated carbocycles. The summed E-state index contributed by atoms with van der Waals surface area (Å²) in [5.74, 6) is 0.306. The van der Waals surface area contributed by atoms with Crippen LogP contribution in [0.4, 0.5) is 5.69 Å². The maximum atomic E-state index is 13.0. The summed E-state index contributed by atoms with van der Waals surface area (Å²) in [4.78, 5) is 32.4. The Morgan fingerprint density at radius 3 is 2.75 bits per heavy atom. The number of amides is 1. The van der Waals surface area contributed by atoms with E-state index in [0.717, 1.165) is 18.5 Å². The minimum Gasteiger partial charge on any atom is -0.308 e. The number of rotatable bonds is 5. The third-order valence-corrected chi connectivity index (χ3v) is 6.04. The Kier molecular flexibility index (Phi) is 5.22. The summed E-state index contributed by atoms with van der Waals surface area (Å²) < 4.78 is 1.70. The Labute approximate surface area is 168 Å². The van der Waals surface area contributed by atoms with Gasteiger partial charge in [-0.15, -0.1) is 0 Å². The molecule has 5 nitrogen and oxygen atoms in total. The van der Waals surface area contributed by atoms with Crippen LogP contribution < -0.4 is 10.5 Å². The van der Waals surface area contributed by atoms with Crippen molar-refractivity contribution in [1.29, 1.82) is 0 Å². The molecule has 0 unspecified atom stereocenters. The van der Waals surface area contributed by atoms with Gasteiger partial charge in [0.1, 0.15) is 0 Å². The highest BCUT2D eigenvalue weighted by atomic mass is 32.2. The van der Waals surface area contributed by atoms with Crippen molar-refractivity contribution in [2.24, 2.45) is 0 Å². The third-order valence-electron chi connectivity index (χ3n) is 5.07.